The Labute approximate surface area is 151 Å². The number of nitrogens with one attached hydrogen (secondary N) is 1. The summed E-state index contributed by atoms with van der Waals surface area (Å²) in [4.78, 5) is 26.6. The molecular weight excluding hydrogens is 336 g/mol. The van der Waals surface area contributed by atoms with Crippen molar-refractivity contribution in [2.24, 2.45) is 5.92 Å². The second kappa shape index (κ2) is 6.55. The summed E-state index contributed by atoms with van der Waals surface area (Å²) in [5, 5.41) is 12.3. The number of anilines is 2. The molecule has 2 heterocycles. The van der Waals surface area contributed by atoms with Gasteiger partial charge in [-0.05, 0) is 18.6 Å². The molecular formula is C18H22N4O2S. The molecule has 1 atom stereocenters. The van der Waals surface area contributed by atoms with Crippen molar-refractivity contribution >= 4 is 34.0 Å². The zero-order valence-electron chi connectivity index (χ0n) is 14.9. The van der Waals surface area contributed by atoms with Crippen LogP contribution in [0.5, 0.6) is 0 Å². The predicted molar refractivity (Wildman–Crippen MR) is 98.9 cm³/mol. The maximum Gasteiger partial charge on any atom is 0.231 e. The van der Waals surface area contributed by atoms with Gasteiger partial charge in [0.15, 0.2) is 0 Å². The highest BCUT2D eigenvalue weighted by Crippen LogP contribution is 2.30. The molecule has 0 radical (unpaired) electrons. The summed E-state index contributed by atoms with van der Waals surface area (Å²) in [6, 6.07) is 7.71. The average molecular weight is 358 g/mol. The molecule has 3 rings (SSSR count). The highest BCUT2D eigenvalue weighted by molar-refractivity contribution is 7.15. The standard InChI is InChI=1S/C18H22N4O2S/c1-11-7-5-6-8-13(11)22-10-12(9-14(22)23)15(24)19-17-21-20-16(25-17)18(2,3)4/h5-8,12H,9-10H2,1-4H3,(H,19,21,24)/t12-/m0/s1. The van der Waals surface area contributed by atoms with E-state index in [0.29, 0.717) is 11.7 Å². The van der Waals surface area contributed by atoms with Crippen molar-refractivity contribution in [1.29, 1.82) is 0 Å². The van der Waals surface area contributed by atoms with E-state index in [9.17, 15) is 9.59 Å². The summed E-state index contributed by atoms with van der Waals surface area (Å²) in [6.07, 6.45) is 0.213. The number of hydrogen-bond donors (Lipinski definition) is 1. The quantitative estimate of drug-likeness (QED) is 0.915. The van der Waals surface area contributed by atoms with E-state index in [4.69, 9.17) is 0 Å². The number of benzene rings is 1. The summed E-state index contributed by atoms with van der Waals surface area (Å²) in [5.41, 5.74) is 1.79. The molecule has 25 heavy (non-hydrogen) atoms. The molecule has 1 N–H and O–H groups in total. The molecule has 132 valence electrons. The van der Waals surface area contributed by atoms with Crippen LogP contribution in [0.25, 0.3) is 0 Å². The number of aryl methyl sites for hydroxylation is 1. The third-order valence-electron chi connectivity index (χ3n) is 4.20. The number of hydrogen-bond acceptors (Lipinski definition) is 5. The summed E-state index contributed by atoms with van der Waals surface area (Å²) in [7, 11) is 0. The number of carbonyl (C=O) groups excluding carboxylic acids is 2. The zero-order chi connectivity index (χ0) is 18.2. The maximum absolute atomic E-state index is 12.5. The fourth-order valence-corrected chi connectivity index (χ4v) is 3.57. The smallest absolute Gasteiger partial charge is 0.231 e. The van der Waals surface area contributed by atoms with E-state index in [1.807, 2.05) is 31.2 Å². The van der Waals surface area contributed by atoms with Crippen LogP contribution in [0, 0.1) is 12.8 Å². The molecule has 0 saturated carbocycles. The van der Waals surface area contributed by atoms with Crippen molar-refractivity contribution in [3.8, 4) is 0 Å². The first-order valence-electron chi connectivity index (χ1n) is 8.26. The number of amides is 2. The van der Waals surface area contributed by atoms with E-state index < -0.39 is 0 Å². The number of carbonyl (C=O) groups is 2. The van der Waals surface area contributed by atoms with Crippen molar-refractivity contribution in [1.82, 2.24) is 10.2 Å². The lowest BCUT2D eigenvalue weighted by Gasteiger charge is -2.18. The topological polar surface area (TPSA) is 75.2 Å². The van der Waals surface area contributed by atoms with Crippen molar-refractivity contribution in [3.05, 3.63) is 34.8 Å². The number of nitrogens with zero attached hydrogens (tertiary/aromatic N) is 3. The highest BCUT2D eigenvalue weighted by atomic mass is 32.1. The van der Waals surface area contributed by atoms with Crippen LogP contribution in [-0.4, -0.2) is 28.6 Å². The monoisotopic (exact) mass is 358 g/mol. The Balaban J connectivity index is 1.69. The highest BCUT2D eigenvalue weighted by Gasteiger charge is 2.36. The minimum Gasteiger partial charge on any atom is -0.311 e. The Morgan fingerprint density at radius 1 is 1.28 bits per heavy atom. The molecule has 1 fully saturated rings. The van der Waals surface area contributed by atoms with Gasteiger partial charge in [-0.2, -0.15) is 0 Å². The maximum atomic E-state index is 12.5. The first-order chi connectivity index (χ1) is 11.8. The van der Waals surface area contributed by atoms with E-state index in [1.54, 1.807) is 4.90 Å². The summed E-state index contributed by atoms with van der Waals surface area (Å²) >= 11 is 1.37. The molecule has 1 saturated heterocycles. The van der Waals surface area contributed by atoms with Crippen LogP contribution in [0.15, 0.2) is 24.3 Å². The Morgan fingerprint density at radius 2 is 2.00 bits per heavy atom. The van der Waals surface area contributed by atoms with E-state index in [2.05, 4.69) is 36.3 Å². The molecule has 7 heteroatoms. The van der Waals surface area contributed by atoms with Crippen molar-refractivity contribution < 1.29 is 9.59 Å². The molecule has 0 bridgehead atoms. The fraction of sp³-hybridized carbons (Fsp3) is 0.444. The molecule has 6 nitrogen and oxygen atoms in total. The Kier molecular flexibility index (Phi) is 4.60. The third kappa shape index (κ3) is 3.71. The first-order valence-corrected chi connectivity index (χ1v) is 9.08. The van der Waals surface area contributed by atoms with Crippen molar-refractivity contribution in [2.45, 2.75) is 39.5 Å². The lowest BCUT2D eigenvalue weighted by atomic mass is 9.98. The van der Waals surface area contributed by atoms with E-state index >= 15 is 0 Å². The van der Waals surface area contributed by atoms with Gasteiger partial charge in [-0.1, -0.05) is 50.3 Å². The van der Waals surface area contributed by atoms with Gasteiger partial charge in [0, 0.05) is 24.1 Å². The van der Waals surface area contributed by atoms with Gasteiger partial charge in [0.05, 0.1) is 5.92 Å². The van der Waals surface area contributed by atoms with Gasteiger partial charge in [0.1, 0.15) is 5.01 Å². The fourth-order valence-electron chi connectivity index (χ4n) is 2.77. The molecule has 1 aliphatic heterocycles. The molecule has 2 amide bonds. The molecule has 1 aromatic carbocycles. The largest absolute Gasteiger partial charge is 0.311 e. The minimum atomic E-state index is -0.380. The van der Waals surface area contributed by atoms with Gasteiger partial charge in [0.2, 0.25) is 16.9 Å². The van der Waals surface area contributed by atoms with E-state index in [0.717, 1.165) is 16.3 Å². The SMILES string of the molecule is Cc1ccccc1N1C[C@@H](C(=O)Nc2nnc(C(C)(C)C)s2)CC1=O. The molecule has 0 aliphatic carbocycles. The molecule has 2 aromatic rings. The van der Waals surface area contributed by atoms with Crippen LogP contribution in [-0.2, 0) is 15.0 Å². The summed E-state index contributed by atoms with van der Waals surface area (Å²) in [5.74, 6) is -0.586. The van der Waals surface area contributed by atoms with Crippen molar-refractivity contribution in [3.63, 3.8) is 0 Å². The summed E-state index contributed by atoms with van der Waals surface area (Å²) < 4.78 is 0. The molecule has 1 aromatic heterocycles. The number of aromatic nitrogens is 2. The lowest BCUT2D eigenvalue weighted by Crippen LogP contribution is -2.28. The zero-order valence-corrected chi connectivity index (χ0v) is 15.7. The lowest BCUT2D eigenvalue weighted by molar-refractivity contribution is -0.122. The van der Waals surface area contributed by atoms with Gasteiger partial charge >= 0.3 is 0 Å². The van der Waals surface area contributed by atoms with E-state index in [-0.39, 0.29) is 29.6 Å². The van der Waals surface area contributed by atoms with Crippen LogP contribution in [0.2, 0.25) is 0 Å². The van der Waals surface area contributed by atoms with Gasteiger partial charge < -0.3 is 10.2 Å². The first kappa shape index (κ1) is 17.5. The Bertz CT molecular complexity index is 809. The number of rotatable bonds is 3. The van der Waals surface area contributed by atoms with Crippen molar-refractivity contribution in [2.75, 3.05) is 16.8 Å². The Hall–Kier alpha value is -2.28. The van der Waals surface area contributed by atoms with Crippen LogP contribution in [0.4, 0.5) is 10.8 Å². The van der Waals surface area contributed by atoms with Crippen LogP contribution < -0.4 is 10.2 Å². The number of para-hydroxylation sites is 1. The van der Waals surface area contributed by atoms with Gasteiger partial charge in [-0.25, -0.2) is 0 Å². The molecule has 0 spiro atoms. The van der Waals surface area contributed by atoms with Crippen LogP contribution in [0.1, 0.15) is 37.8 Å². The van der Waals surface area contributed by atoms with Gasteiger partial charge in [0.25, 0.3) is 0 Å². The second-order valence-corrected chi connectivity index (χ2v) is 8.32. The third-order valence-corrected chi connectivity index (χ3v) is 5.46. The van der Waals surface area contributed by atoms with Crippen LogP contribution >= 0.6 is 11.3 Å². The van der Waals surface area contributed by atoms with Crippen LogP contribution in [0.3, 0.4) is 0 Å². The van der Waals surface area contributed by atoms with Gasteiger partial charge in [-0.3, -0.25) is 9.59 Å². The molecule has 1 aliphatic rings. The second-order valence-electron chi connectivity index (χ2n) is 7.34. The Morgan fingerprint density at radius 3 is 2.64 bits per heavy atom. The van der Waals surface area contributed by atoms with E-state index in [1.165, 1.54) is 11.3 Å². The summed E-state index contributed by atoms with van der Waals surface area (Å²) in [6.45, 7) is 8.50. The average Bonchev–Trinajstić information content (AvgIpc) is 3.14. The van der Waals surface area contributed by atoms with Gasteiger partial charge in [-0.15, -0.1) is 10.2 Å². The molecule has 0 unspecified atom stereocenters. The predicted octanol–water partition coefficient (Wildman–Crippen LogP) is 3.14. The minimum absolute atomic E-state index is 0.0258. The normalized spacial score (nSPS) is 17.8.